The molecular weight excluding hydrogens is 242 g/mol. The smallest absolute Gasteiger partial charge is 0.310 e. The number of anilines is 1. The summed E-state index contributed by atoms with van der Waals surface area (Å²) < 4.78 is 10.5. The van der Waals surface area contributed by atoms with E-state index in [1.807, 2.05) is 31.2 Å². The average Bonchev–Trinajstić information content (AvgIpc) is 2.47. The Morgan fingerprint density at radius 3 is 2.95 bits per heavy atom. The number of nitrogens with zero attached hydrogens (tertiary/aromatic N) is 1. The lowest BCUT2D eigenvalue weighted by atomic mass is 9.97. The Balaban J connectivity index is 2.15. The molecule has 1 aromatic rings. The molecule has 4 heteroatoms. The summed E-state index contributed by atoms with van der Waals surface area (Å²) in [7, 11) is 1.45. The van der Waals surface area contributed by atoms with Crippen LogP contribution in [0.5, 0.6) is 5.75 Å². The fourth-order valence-corrected chi connectivity index (χ4v) is 2.55. The fraction of sp³-hybridized carbons (Fsp3) is 0.533. The molecule has 0 aromatic heterocycles. The average molecular weight is 263 g/mol. The second kappa shape index (κ2) is 6.45. The van der Waals surface area contributed by atoms with E-state index in [9.17, 15) is 4.79 Å². The van der Waals surface area contributed by atoms with Crippen molar-refractivity contribution < 1.29 is 14.3 Å². The number of para-hydroxylation sites is 2. The molecule has 1 atom stereocenters. The first-order chi connectivity index (χ1) is 9.26. The molecule has 4 nitrogen and oxygen atoms in total. The molecule has 0 N–H and O–H groups in total. The predicted molar refractivity (Wildman–Crippen MR) is 74.6 cm³/mol. The zero-order valence-electron chi connectivity index (χ0n) is 11.6. The third-order valence-electron chi connectivity index (χ3n) is 3.46. The van der Waals surface area contributed by atoms with Gasteiger partial charge in [0.15, 0.2) is 0 Å². The van der Waals surface area contributed by atoms with Crippen molar-refractivity contribution in [1.29, 1.82) is 0 Å². The first-order valence-electron chi connectivity index (χ1n) is 6.80. The summed E-state index contributed by atoms with van der Waals surface area (Å²) in [6, 6.07) is 7.99. The second-order valence-electron chi connectivity index (χ2n) is 4.71. The number of benzene rings is 1. The van der Waals surface area contributed by atoms with Gasteiger partial charge in [-0.05, 0) is 31.9 Å². The summed E-state index contributed by atoms with van der Waals surface area (Å²) in [4.78, 5) is 13.9. The van der Waals surface area contributed by atoms with Crippen LogP contribution in [-0.4, -0.2) is 32.8 Å². The molecule has 1 unspecified atom stereocenters. The molecular formula is C15H21NO3. The highest BCUT2D eigenvalue weighted by Gasteiger charge is 2.27. The van der Waals surface area contributed by atoms with Crippen molar-refractivity contribution in [3.8, 4) is 5.75 Å². The largest absolute Gasteiger partial charge is 0.492 e. The van der Waals surface area contributed by atoms with Crippen molar-refractivity contribution in [3.05, 3.63) is 24.3 Å². The lowest BCUT2D eigenvalue weighted by molar-refractivity contribution is -0.145. The Morgan fingerprint density at radius 2 is 2.21 bits per heavy atom. The van der Waals surface area contributed by atoms with Crippen molar-refractivity contribution in [3.63, 3.8) is 0 Å². The Kier molecular flexibility index (Phi) is 4.66. The van der Waals surface area contributed by atoms with Crippen LogP contribution in [0.15, 0.2) is 24.3 Å². The van der Waals surface area contributed by atoms with Crippen molar-refractivity contribution in [2.45, 2.75) is 19.8 Å². The summed E-state index contributed by atoms with van der Waals surface area (Å²) in [5.74, 6) is 0.738. The minimum atomic E-state index is -0.112. The molecule has 1 heterocycles. The molecule has 1 aromatic carbocycles. The lowest BCUT2D eigenvalue weighted by Crippen LogP contribution is -2.39. The maximum absolute atomic E-state index is 11.7. The maximum Gasteiger partial charge on any atom is 0.310 e. The van der Waals surface area contributed by atoms with E-state index in [1.165, 1.54) is 7.11 Å². The lowest BCUT2D eigenvalue weighted by Gasteiger charge is -2.33. The molecule has 2 rings (SSSR count). The minimum absolute atomic E-state index is 0.0339. The van der Waals surface area contributed by atoms with Gasteiger partial charge in [-0.25, -0.2) is 0 Å². The summed E-state index contributed by atoms with van der Waals surface area (Å²) in [6.07, 6.45) is 1.90. The fourth-order valence-electron chi connectivity index (χ4n) is 2.55. The highest BCUT2D eigenvalue weighted by atomic mass is 16.5. The SMILES string of the molecule is CCOc1ccccc1N1CCCC(C(=O)OC)C1. The third kappa shape index (κ3) is 3.19. The second-order valence-corrected chi connectivity index (χ2v) is 4.71. The van der Waals surface area contributed by atoms with E-state index >= 15 is 0 Å². The summed E-state index contributed by atoms with van der Waals surface area (Å²) in [5.41, 5.74) is 1.07. The number of methoxy groups -OCH3 is 1. The zero-order valence-corrected chi connectivity index (χ0v) is 11.6. The van der Waals surface area contributed by atoms with Gasteiger partial charge >= 0.3 is 5.97 Å². The highest BCUT2D eigenvalue weighted by molar-refractivity contribution is 5.74. The van der Waals surface area contributed by atoms with Crippen LogP contribution < -0.4 is 9.64 Å². The van der Waals surface area contributed by atoms with Gasteiger partial charge in [0.25, 0.3) is 0 Å². The van der Waals surface area contributed by atoms with Crippen molar-refractivity contribution in [2.75, 3.05) is 31.7 Å². The van der Waals surface area contributed by atoms with Crippen molar-refractivity contribution in [2.24, 2.45) is 5.92 Å². The molecule has 0 aliphatic carbocycles. The van der Waals surface area contributed by atoms with E-state index in [2.05, 4.69) is 4.90 Å². The zero-order chi connectivity index (χ0) is 13.7. The van der Waals surface area contributed by atoms with Crippen LogP contribution in [0.25, 0.3) is 0 Å². The number of carbonyl (C=O) groups is 1. The standard InChI is InChI=1S/C15H21NO3/c1-3-19-14-9-5-4-8-13(14)16-10-6-7-12(11-16)15(17)18-2/h4-5,8-9,12H,3,6-7,10-11H2,1-2H3. The molecule has 0 amide bonds. The van der Waals surface area contributed by atoms with Gasteiger partial charge in [0, 0.05) is 13.1 Å². The van der Waals surface area contributed by atoms with E-state index < -0.39 is 0 Å². The Bertz CT molecular complexity index is 433. The Morgan fingerprint density at radius 1 is 1.42 bits per heavy atom. The van der Waals surface area contributed by atoms with Gasteiger partial charge in [0.2, 0.25) is 0 Å². The van der Waals surface area contributed by atoms with Crippen LogP contribution in [0.2, 0.25) is 0 Å². The van der Waals surface area contributed by atoms with Crippen LogP contribution in [0, 0.1) is 5.92 Å². The molecule has 0 spiro atoms. The molecule has 0 saturated carbocycles. The van der Waals surface area contributed by atoms with Crippen LogP contribution in [0.3, 0.4) is 0 Å². The van der Waals surface area contributed by atoms with E-state index in [4.69, 9.17) is 9.47 Å². The molecule has 0 bridgehead atoms. The Labute approximate surface area is 114 Å². The summed E-state index contributed by atoms with van der Waals surface area (Å²) >= 11 is 0. The van der Waals surface area contributed by atoms with Gasteiger partial charge < -0.3 is 14.4 Å². The van der Waals surface area contributed by atoms with E-state index in [-0.39, 0.29) is 11.9 Å². The van der Waals surface area contributed by atoms with E-state index in [0.29, 0.717) is 13.2 Å². The quantitative estimate of drug-likeness (QED) is 0.782. The number of esters is 1. The highest BCUT2D eigenvalue weighted by Crippen LogP contribution is 2.31. The number of hydrogen-bond acceptors (Lipinski definition) is 4. The van der Waals surface area contributed by atoms with Gasteiger partial charge in [-0.3, -0.25) is 4.79 Å². The van der Waals surface area contributed by atoms with Gasteiger partial charge in [0.1, 0.15) is 5.75 Å². The predicted octanol–water partition coefficient (Wildman–Crippen LogP) is 2.47. The van der Waals surface area contributed by atoms with Gasteiger partial charge in [-0.2, -0.15) is 0 Å². The molecule has 1 aliphatic heterocycles. The van der Waals surface area contributed by atoms with Crippen LogP contribution in [0.4, 0.5) is 5.69 Å². The number of piperidine rings is 1. The molecule has 104 valence electrons. The molecule has 1 saturated heterocycles. The number of carbonyl (C=O) groups excluding carboxylic acids is 1. The summed E-state index contributed by atoms with van der Waals surface area (Å²) in [5, 5.41) is 0. The van der Waals surface area contributed by atoms with Crippen molar-refractivity contribution >= 4 is 11.7 Å². The summed E-state index contributed by atoms with van der Waals surface area (Å²) in [6.45, 7) is 4.28. The molecule has 1 aliphatic rings. The number of ether oxygens (including phenoxy) is 2. The van der Waals surface area contributed by atoms with Crippen molar-refractivity contribution in [1.82, 2.24) is 0 Å². The monoisotopic (exact) mass is 263 g/mol. The number of rotatable bonds is 4. The van der Waals surface area contributed by atoms with Gasteiger partial charge in [-0.15, -0.1) is 0 Å². The minimum Gasteiger partial charge on any atom is -0.492 e. The van der Waals surface area contributed by atoms with E-state index in [1.54, 1.807) is 0 Å². The van der Waals surface area contributed by atoms with Gasteiger partial charge in [0.05, 0.1) is 25.3 Å². The van der Waals surface area contributed by atoms with Crippen LogP contribution in [-0.2, 0) is 9.53 Å². The van der Waals surface area contributed by atoms with E-state index in [0.717, 1.165) is 30.8 Å². The third-order valence-corrected chi connectivity index (χ3v) is 3.46. The molecule has 0 radical (unpaired) electrons. The normalized spacial score (nSPS) is 19.1. The topological polar surface area (TPSA) is 38.8 Å². The molecule has 1 fully saturated rings. The van der Waals surface area contributed by atoms with Gasteiger partial charge in [-0.1, -0.05) is 12.1 Å². The first-order valence-corrected chi connectivity index (χ1v) is 6.80. The number of hydrogen-bond donors (Lipinski definition) is 0. The van der Waals surface area contributed by atoms with Crippen LogP contribution >= 0.6 is 0 Å². The Hall–Kier alpha value is -1.71. The molecule has 19 heavy (non-hydrogen) atoms. The van der Waals surface area contributed by atoms with Crippen LogP contribution in [0.1, 0.15) is 19.8 Å². The maximum atomic E-state index is 11.7. The first kappa shape index (κ1) is 13.7.